The molecule has 11 heavy (non-hydrogen) atoms. The van der Waals surface area contributed by atoms with Crippen molar-refractivity contribution in [2.75, 3.05) is 0 Å². The second-order valence-corrected chi connectivity index (χ2v) is 1.72. The van der Waals surface area contributed by atoms with E-state index in [1.807, 2.05) is 0 Å². The Morgan fingerprint density at radius 1 is 0.909 bits per heavy atom. The Hall–Kier alpha value is -0.490. The summed E-state index contributed by atoms with van der Waals surface area (Å²) in [5.41, 5.74) is 0. The van der Waals surface area contributed by atoms with Crippen molar-refractivity contribution in [1.29, 1.82) is 0 Å². The van der Waals surface area contributed by atoms with Crippen LogP contribution in [0.4, 0.5) is 30.7 Å². The van der Waals surface area contributed by atoms with Gasteiger partial charge in [-0.15, -0.1) is 0 Å². The zero-order valence-electron chi connectivity index (χ0n) is 4.85. The molecule has 0 fully saturated rings. The van der Waals surface area contributed by atoms with Crippen LogP contribution in [0.25, 0.3) is 0 Å². The Labute approximate surface area is 57.0 Å². The summed E-state index contributed by atoms with van der Waals surface area (Å²) in [6.45, 7) is 0. The summed E-state index contributed by atoms with van der Waals surface area (Å²) in [5.74, 6) is -5.33. The van der Waals surface area contributed by atoms with Crippen LogP contribution in [-0.2, 0) is 0 Å². The summed E-state index contributed by atoms with van der Waals surface area (Å²) >= 11 is 0. The average molecular weight is 183 g/mol. The molecule has 0 unspecified atom stereocenters. The minimum absolute atomic E-state index is 2.56. The third-order valence-corrected chi connectivity index (χ3v) is 0.770. The smallest absolute Gasteiger partial charge is 0.200 e. The van der Waals surface area contributed by atoms with Gasteiger partial charge in [0.05, 0.1) is 6.42 Å². The average Bonchev–Trinajstić information content (AvgIpc) is 1.56. The molecule has 0 N–H and O–H groups in total. The minimum Gasteiger partial charge on any atom is -0.200 e. The molecule has 0 bridgehead atoms. The van der Waals surface area contributed by atoms with Crippen molar-refractivity contribution < 1.29 is 30.7 Å². The van der Waals surface area contributed by atoms with Crippen molar-refractivity contribution in [3.05, 3.63) is 6.43 Å². The standard InChI is InChI=1S/C4H2F7/c5-2(6)1-3(7,8)4(9,10)11/h1H2. The highest BCUT2D eigenvalue weighted by atomic mass is 19.4. The maximum Gasteiger partial charge on any atom is 0.453 e. The van der Waals surface area contributed by atoms with Gasteiger partial charge >= 0.3 is 18.5 Å². The fourth-order valence-corrected chi connectivity index (χ4v) is 0.268. The Morgan fingerprint density at radius 3 is 1.36 bits per heavy atom. The molecule has 67 valence electrons. The number of hydrogen-bond donors (Lipinski definition) is 0. The van der Waals surface area contributed by atoms with Crippen LogP contribution in [0.3, 0.4) is 0 Å². The van der Waals surface area contributed by atoms with Gasteiger partial charge in [0.1, 0.15) is 0 Å². The molecule has 1 radical (unpaired) electrons. The van der Waals surface area contributed by atoms with Crippen molar-refractivity contribution >= 4 is 0 Å². The van der Waals surface area contributed by atoms with Gasteiger partial charge in [-0.3, -0.25) is 0 Å². The molecule has 7 heteroatoms. The molecule has 0 aliphatic carbocycles. The first kappa shape index (κ1) is 10.5. The monoisotopic (exact) mass is 183 g/mol. The summed E-state index contributed by atoms with van der Waals surface area (Å²) in [6.07, 6.45) is -11.4. The highest BCUT2D eigenvalue weighted by molar-refractivity contribution is 4.81. The normalized spacial score (nSPS) is 14.2. The minimum atomic E-state index is -5.91. The molecular formula is C4H2F7. The maximum absolute atomic E-state index is 11.6. The van der Waals surface area contributed by atoms with Crippen LogP contribution in [0.1, 0.15) is 6.42 Å². The van der Waals surface area contributed by atoms with E-state index in [1.54, 1.807) is 0 Å². The molecule has 0 heterocycles. The summed E-state index contributed by atoms with van der Waals surface area (Å²) in [4.78, 5) is 0. The predicted molar refractivity (Wildman–Crippen MR) is 21.1 cm³/mol. The van der Waals surface area contributed by atoms with Crippen LogP contribution in [0.15, 0.2) is 0 Å². The highest BCUT2D eigenvalue weighted by Gasteiger charge is 2.58. The van der Waals surface area contributed by atoms with Gasteiger partial charge in [0, 0.05) is 0 Å². The largest absolute Gasteiger partial charge is 0.453 e. The van der Waals surface area contributed by atoms with E-state index in [4.69, 9.17) is 0 Å². The lowest BCUT2D eigenvalue weighted by atomic mass is 10.2. The van der Waals surface area contributed by atoms with E-state index in [-0.39, 0.29) is 0 Å². The summed E-state index contributed by atoms with van der Waals surface area (Å²) < 4.78 is 78.4. The lowest BCUT2D eigenvalue weighted by molar-refractivity contribution is -0.286. The molecule has 0 aromatic carbocycles. The third kappa shape index (κ3) is 2.94. The number of rotatable bonds is 2. The van der Waals surface area contributed by atoms with Crippen LogP contribution in [0.5, 0.6) is 0 Å². The topological polar surface area (TPSA) is 0 Å². The lowest BCUT2D eigenvalue weighted by Crippen LogP contribution is -2.36. The second kappa shape index (κ2) is 2.86. The van der Waals surface area contributed by atoms with Crippen molar-refractivity contribution in [2.45, 2.75) is 18.5 Å². The van der Waals surface area contributed by atoms with E-state index in [1.165, 1.54) is 0 Å². The van der Waals surface area contributed by atoms with Gasteiger partial charge in [0.2, 0.25) is 0 Å². The van der Waals surface area contributed by atoms with Crippen LogP contribution < -0.4 is 0 Å². The first-order chi connectivity index (χ1) is 4.67. The van der Waals surface area contributed by atoms with E-state index >= 15 is 0 Å². The molecule has 0 saturated heterocycles. The zero-order chi connectivity index (χ0) is 9.28. The Balaban J connectivity index is 4.22. The molecule has 0 aliphatic rings. The van der Waals surface area contributed by atoms with Crippen molar-refractivity contribution in [3.8, 4) is 0 Å². The molecule has 0 aromatic rings. The number of halogens is 7. The molecular weight excluding hydrogens is 181 g/mol. The number of alkyl halides is 5. The van der Waals surface area contributed by atoms with E-state index in [9.17, 15) is 30.7 Å². The van der Waals surface area contributed by atoms with Crippen LogP contribution >= 0.6 is 0 Å². The van der Waals surface area contributed by atoms with E-state index in [0.717, 1.165) is 0 Å². The Kier molecular flexibility index (Phi) is 2.74. The van der Waals surface area contributed by atoms with Gasteiger partial charge in [-0.25, -0.2) is 0 Å². The maximum atomic E-state index is 11.6. The molecule has 0 aromatic heterocycles. The fourth-order valence-electron chi connectivity index (χ4n) is 0.268. The Morgan fingerprint density at radius 2 is 1.27 bits per heavy atom. The van der Waals surface area contributed by atoms with Gasteiger partial charge in [0.15, 0.2) is 0 Å². The van der Waals surface area contributed by atoms with Crippen LogP contribution in [-0.4, -0.2) is 12.1 Å². The lowest BCUT2D eigenvalue weighted by Gasteiger charge is -2.17. The van der Waals surface area contributed by atoms with E-state index < -0.39 is 24.9 Å². The van der Waals surface area contributed by atoms with Crippen molar-refractivity contribution in [2.24, 2.45) is 0 Å². The fraction of sp³-hybridized carbons (Fsp3) is 0.750. The summed E-state index contributed by atoms with van der Waals surface area (Å²) in [5, 5.41) is 0. The van der Waals surface area contributed by atoms with Gasteiger partial charge < -0.3 is 0 Å². The van der Waals surface area contributed by atoms with Crippen molar-refractivity contribution in [1.82, 2.24) is 0 Å². The van der Waals surface area contributed by atoms with E-state index in [2.05, 4.69) is 0 Å². The molecule has 0 nitrogen and oxygen atoms in total. The van der Waals surface area contributed by atoms with Crippen molar-refractivity contribution in [3.63, 3.8) is 0 Å². The van der Waals surface area contributed by atoms with Gasteiger partial charge in [0.25, 0.3) is 0 Å². The van der Waals surface area contributed by atoms with Crippen LogP contribution in [0, 0.1) is 6.43 Å². The molecule has 0 aliphatic heterocycles. The summed E-state index contributed by atoms with van der Waals surface area (Å²) in [6, 6.07) is 0. The highest BCUT2D eigenvalue weighted by Crippen LogP contribution is 2.40. The number of hydrogen-bond acceptors (Lipinski definition) is 0. The zero-order valence-corrected chi connectivity index (χ0v) is 4.85. The first-order valence-corrected chi connectivity index (χ1v) is 2.28. The quantitative estimate of drug-likeness (QED) is 0.577. The molecule has 0 atom stereocenters. The SMILES string of the molecule is F[C](F)CC(F)(F)C(F)(F)F. The Bertz CT molecular complexity index is 123. The van der Waals surface area contributed by atoms with Gasteiger partial charge in [-0.1, -0.05) is 0 Å². The van der Waals surface area contributed by atoms with Gasteiger partial charge in [-0.05, 0) is 0 Å². The molecule has 0 saturated carbocycles. The first-order valence-electron chi connectivity index (χ1n) is 2.28. The predicted octanol–water partition coefficient (Wildman–Crippen LogP) is 3.00. The second-order valence-electron chi connectivity index (χ2n) is 1.72. The van der Waals surface area contributed by atoms with Gasteiger partial charge in [-0.2, -0.15) is 30.7 Å². The molecule has 0 spiro atoms. The van der Waals surface area contributed by atoms with E-state index in [0.29, 0.717) is 0 Å². The van der Waals surface area contributed by atoms with Crippen LogP contribution in [0.2, 0.25) is 0 Å². The summed E-state index contributed by atoms with van der Waals surface area (Å²) in [7, 11) is 0. The third-order valence-electron chi connectivity index (χ3n) is 0.770. The molecule has 0 rings (SSSR count). The molecule has 0 amide bonds.